The summed E-state index contributed by atoms with van der Waals surface area (Å²) in [4.78, 5) is 27.3. The van der Waals surface area contributed by atoms with Gasteiger partial charge in [-0.25, -0.2) is 9.59 Å². The number of nitrogen functional groups attached to an aromatic ring is 1. The normalized spacial score (nSPS) is 14.7. The van der Waals surface area contributed by atoms with E-state index in [-0.39, 0.29) is 12.7 Å². The summed E-state index contributed by atoms with van der Waals surface area (Å²) >= 11 is 0. The van der Waals surface area contributed by atoms with Crippen LogP contribution in [0, 0.1) is 0 Å². The fourth-order valence-electron chi connectivity index (χ4n) is 2.71. The summed E-state index contributed by atoms with van der Waals surface area (Å²) in [6, 6.07) is 5.32. The van der Waals surface area contributed by atoms with Gasteiger partial charge in [-0.2, -0.15) is 0 Å². The number of nitrogens with two attached hydrogens (primary N) is 1. The molecule has 1 amide bonds. The summed E-state index contributed by atoms with van der Waals surface area (Å²) in [5.74, 6) is 0.0927. The molecule has 0 spiro atoms. The first kappa shape index (κ1) is 20.7. The van der Waals surface area contributed by atoms with Crippen LogP contribution in [0.15, 0.2) is 18.2 Å². The number of rotatable bonds is 5. The van der Waals surface area contributed by atoms with Gasteiger partial charge < -0.3 is 29.7 Å². The Kier molecular flexibility index (Phi) is 6.76. The van der Waals surface area contributed by atoms with Crippen molar-refractivity contribution in [1.29, 1.82) is 0 Å². The molecule has 0 radical (unpaired) electrons. The number of ether oxygens (including phenoxy) is 3. The molecule has 1 aliphatic rings. The Morgan fingerprint density at radius 3 is 2.37 bits per heavy atom. The molecule has 1 saturated heterocycles. The van der Waals surface area contributed by atoms with Crippen molar-refractivity contribution in [1.82, 2.24) is 4.90 Å². The molecule has 1 aromatic rings. The quantitative estimate of drug-likeness (QED) is 0.619. The van der Waals surface area contributed by atoms with Crippen LogP contribution < -0.4 is 15.4 Å². The predicted octanol–water partition coefficient (Wildman–Crippen LogP) is 2.27. The van der Waals surface area contributed by atoms with E-state index in [2.05, 4.69) is 4.90 Å². The van der Waals surface area contributed by atoms with Crippen LogP contribution in [0.25, 0.3) is 0 Å². The van der Waals surface area contributed by atoms with Crippen molar-refractivity contribution in [2.75, 3.05) is 50.0 Å². The van der Waals surface area contributed by atoms with Crippen molar-refractivity contribution in [2.24, 2.45) is 0 Å². The molecule has 150 valence electrons. The second-order valence-corrected chi connectivity index (χ2v) is 7.27. The molecule has 1 fully saturated rings. The molecule has 8 nitrogen and oxygen atoms in total. The van der Waals surface area contributed by atoms with E-state index in [9.17, 15) is 9.59 Å². The minimum atomic E-state index is -0.502. The summed E-state index contributed by atoms with van der Waals surface area (Å²) < 4.78 is 15.6. The average Bonchev–Trinajstić information content (AvgIpc) is 2.59. The Hall–Kier alpha value is -2.64. The lowest BCUT2D eigenvalue weighted by atomic mass is 10.2. The van der Waals surface area contributed by atoms with Crippen LogP contribution in [-0.4, -0.2) is 62.0 Å². The number of amides is 1. The minimum Gasteiger partial charge on any atom is -0.482 e. The van der Waals surface area contributed by atoms with Gasteiger partial charge in [-0.3, -0.25) is 0 Å². The van der Waals surface area contributed by atoms with Gasteiger partial charge in [0.15, 0.2) is 6.61 Å². The van der Waals surface area contributed by atoms with Gasteiger partial charge in [0.1, 0.15) is 11.4 Å². The summed E-state index contributed by atoms with van der Waals surface area (Å²) in [6.45, 7) is 9.92. The summed E-state index contributed by atoms with van der Waals surface area (Å²) in [6.07, 6.45) is -0.294. The molecule has 1 heterocycles. The number of esters is 1. The first-order chi connectivity index (χ1) is 12.7. The highest BCUT2D eigenvalue weighted by Crippen LogP contribution is 2.28. The first-order valence-electron chi connectivity index (χ1n) is 9.10. The third kappa shape index (κ3) is 6.23. The lowest BCUT2D eigenvalue weighted by molar-refractivity contribution is -0.145. The van der Waals surface area contributed by atoms with Gasteiger partial charge in [-0.05, 0) is 39.8 Å². The average molecular weight is 379 g/mol. The molecule has 27 heavy (non-hydrogen) atoms. The Labute approximate surface area is 160 Å². The van der Waals surface area contributed by atoms with E-state index >= 15 is 0 Å². The molecular weight excluding hydrogens is 350 g/mol. The number of carbonyl (C=O) groups excluding carboxylic acids is 2. The van der Waals surface area contributed by atoms with Gasteiger partial charge in [0.2, 0.25) is 0 Å². The number of nitrogens with zero attached hydrogens (tertiary/aromatic N) is 2. The standard InChI is InChI=1S/C19H29N3O5/c1-5-25-17(23)13-26-14-6-7-16(15(20)12-14)21-8-10-22(11-9-21)18(24)27-19(2,3)4/h6-7,12H,5,8-11,13,20H2,1-4H3. The molecule has 0 aliphatic carbocycles. The largest absolute Gasteiger partial charge is 0.482 e. The van der Waals surface area contributed by atoms with Crippen LogP contribution in [0.2, 0.25) is 0 Å². The van der Waals surface area contributed by atoms with Crippen molar-refractivity contribution >= 4 is 23.4 Å². The van der Waals surface area contributed by atoms with Gasteiger partial charge in [0.25, 0.3) is 0 Å². The number of anilines is 2. The zero-order valence-electron chi connectivity index (χ0n) is 16.5. The van der Waals surface area contributed by atoms with Crippen LogP contribution in [0.5, 0.6) is 5.75 Å². The zero-order valence-corrected chi connectivity index (χ0v) is 16.5. The minimum absolute atomic E-state index is 0.152. The van der Waals surface area contributed by atoms with Gasteiger partial charge in [-0.15, -0.1) is 0 Å². The third-order valence-corrected chi connectivity index (χ3v) is 3.93. The SMILES string of the molecule is CCOC(=O)COc1ccc(N2CCN(C(=O)OC(C)(C)C)CC2)c(N)c1. The van der Waals surface area contributed by atoms with Crippen molar-refractivity contribution in [3.8, 4) is 5.75 Å². The molecule has 0 aromatic heterocycles. The highest BCUT2D eigenvalue weighted by Gasteiger charge is 2.26. The maximum atomic E-state index is 12.1. The Morgan fingerprint density at radius 2 is 1.81 bits per heavy atom. The Balaban J connectivity index is 1.90. The van der Waals surface area contributed by atoms with Crippen LogP contribution in [0.4, 0.5) is 16.2 Å². The Morgan fingerprint density at radius 1 is 1.15 bits per heavy atom. The number of benzene rings is 1. The van der Waals surface area contributed by atoms with E-state index in [0.29, 0.717) is 44.2 Å². The van der Waals surface area contributed by atoms with Crippen molar-refractivity contribution < 1.29 is 23.8 Å². The predicted molar refractivity (Wildman–Crippen MR) is 103 cm³/mol. The molecule has 8 heteroatoms. The number of hydrogen-bond donors (Lipinski definition) is 1. The molecule has 0 saturated carbocycles. The van der Waals surface area contributed by atoms with Crippen molar-refractivity contribution in [3.05, 3.63) is 18.2 Å². The monoisotopic (exact) mass is 379 g/mol. The molecule has 0 atom stereocenters. The van der Waals surface area contributed by atoms with Gasteiger partial charge in [-0.1, -0.05) is 0 Å². The van der Waals surface area contributed by atoms with E-state index in [1.54, 1.807) is 24.0 Å². The molecule has 2 rings (SSSR count). The van der Waals surface area contributed by atoms with Crippen LogP contribution in [0.1, 0.15) is 27.7 Å². The number of piperazine rings is 1. The summed E-state index contributed by atoms with van der Waals surface area (Å²) in [7, 11) is 0. The maximum Gasteiger partial charge on any atom is 0.410 e. The second-order valence-electron chi connectivity index (χ2n) is 7.27. The number of carbonyl (C=O) groups is 2. The number of hydrogen-bond acceptors (Lipinski definition) is 7. The van der Waals surface area contributed by atoms with Gasteiger partial charge in [0, 0.05) is 32.2 Å². The highest BCUT2D eigenvalue weighted by molar-refractivity contribution is 5.73. The lowest BCUT2D eigenvalue weighted by Gasteiger charge is -2.37. The van der Waals surface area contributed by atoms with Crippen LogP contribution >= 0.6 is 0 Å². The van der Waals surface area contributed by atoms with Crippen molar-refractivity contribution in [3.63, 3.8) is 0 Å². The fraction of sp³-hybridized carbons (Fsp3) is 0.579. The lowest BCUT2D eigenvalue weighted by Crippen LogP contribution is -2.50. The summed E-state index contributed by atoms with van der Waals surface area (Å²) in [5, 5.41) is 0. The molecule has 0 bridgehead atoms. The van der Waals surface area contributed by atoms with E-state index in [4.69, 9.17) is 19.9 Å². The third-order valence-electron chi connectivity index (χ3n) is 3.93. The van der Waals surface area contributed by atoms with E-state index in [1.807, 2.05) is 26.8 Å². The maximum absolute atomic E-state index is 12.1. The molecule has 0 unspecified atom stereocenters. The first-order valence-corrected chi connectivity index (χ1v) is 9.10. The van der Waals surface area contributed by atoms with Crippen LogP contribution in [0.3, 0.4) is 0 Å². The van der Waals surface area contributed by atoms with Crippen molar-refractivity contribution in [2.45, 2.75) is 33.3 Å². The van der Waals surface area contributed by atoms with Gasteiger partial charge in [0.05, 0.1) is 18.0 Å². The second kappa shape index (κ2) is 8.83. The highest BCUT2D eigenvalue weighted by atomic mass is 16.6. The Bertz CT molecular complexity index is 664. The smallest absolute Gasteiger partial charge is 0.410 e. The molecule has 1 aromatic carbocycles. The van der Waals surface area contributed by atoms with E-state index in [0.717, 1.165) is 5.69 Å². The topological polar surface area (TPSA) is 94.3 Å². The summed E-state index contributed by atoms with van der Waals surface area (Å²) in [5.41, 5.74) is 7.08. The molecule has 1 aliphatic heterocycles. The van der Waals surface area contributed by atoms with Gasteiger partial charge >= 0.3 is 12.1 Å². The molecule has 2 N–H and O–H groups in total. The van der Waals surface area contributed by atoms with E-state index < -0.39 is 11.6 Å². The fourth-order valence-corrected chi connectivity index (χ4v) is 2.71. The van der Waals surface area contributed by atoms with E-state index in [1.165, 1.54) is 0 Å². The zero-order chi connectivity index (χ0) is 20.0. The van der Waals surface area contributed by atoms with Crippen LogP contribution in [-0.2, 0) is 14.3 Å². The molecular formula is C19H29N3O5.